The van der Waals surface area contributed by atoms with E-state index in [1.54, 1.807) is 0 Å². The van der Waals surface area contributed by atoms with Crippen molar-refractivity contribution in [3.05, 3.63) is 46.8 Å². The van der Waals surface area contributed by atoms with E-state index in [1.807, 2.05) is 30.3 Å². The summed E-state index contributed by atoms with van der Waals surface area (Å²) >= 11 is 11.6. The van der Waals surface area contributed by atoms with Crippen LogP contribution in [0.4, 0.5) is 0 Å². The van der Waals surface area contributed by atoms with Crippen molar-refractivity contribution in [2.45, 2.75) is 0 Å². The summed E-state index contributed by atoms with van der Waals surface area (Å²) in [4.78, 5) is 8.04. The van der Waals surface area contributed by atoms with Gasteiger partial charge in [-0.25, -0.2) is 9.97 Å². The highest BCUT2D eigenvalue weighted by Crippen LogP contribution is 2.24. The Kier molecular flexibility index (Phi) is 2.66. The molecule has 0 aliphatic rings. The average molecular weight is 225 g/mol. The molecule has 70 valence electrons. The molecule has 0 amide bonds. The van der Waals surface area contributed by atoms with Gasteiger partial charge in [-0.15, -0.1) is 0 Å². The number of benzene rings is 1. The number of hydrogen-bond acceptors (Lipinski definition) is 2. The van der Waals surface area contributed by atoms with Gasteiger partial charge >= 0.3 is 0 Å². The van der Waals surface area contributed by atoms with Crippen LogP contribution in [0.5, 0.6) is 0 Å². The molecule has 0 radical (unpaired) electrons. The SMILES string of the molecule is Clc1cnc(Cl)c(-c2ccccc2)n1. The molecule has 0 fully saturated rings. The normalized spacial score (nSPS) is 10.1. The van der Waals surface area contributed by atoms with Crippen LogP contribution in [0, 0.1) is 0 Å². The van der Waals surface area contributed by atoms with E-state index in [-0.39, 0.29) is 0 Å². The first-order chi connectivity index (χ1) is 6.77. The molecular formula is C10H6Cl2N2. The second-order valence-electron chi connectivity index (χ2n) is 2.70. The molecule has 0 N–H and O–H groups in total. The van der Waals surface area contributed by atoms with Crippen molar-refractivity contribution in [1.82, 2.24) is 9.97 Å². The lowest BCUT2D eigenvalue weighted by atomic mass is 10.2. The molecule has 0 saturated carbocycles. The molecule has 1 aromatic heterocycles. The molecule has 0 unspecified atom stereocenters. The number of aromatic nitrogens is 2. The van der Waals surface area contributed by atoms with Crippen LogP contribution in [-0.4, -0.2) is 9.97 Å². The van der Waals surface area contributed by atoms with Crippen molar-refractivity contribution in [3.63, 3.8) is 0 Å². The van der Waals surface area contributed by atoms with Crippen molar-refractivity contribution in [3.8, 4) is 11.3 Å². The van der Waals surface area contributed by atoms with E-state index in [0.717, 1.165) is 5.56 Å². The van der Waals surface area contributed by atoms with E-state index in [0.29, 0.717) is 16.0 Å². The minimum atomic E-state index is 0.341. The van der Waals surface area contributed by atoms with Gasteiger partial charge < -0.3 is 0 Å². The lowest BCUT2D eigenvalue weighted by molar-refractivity contribution is 1.21. The first-order valence-corrected chi connectivity index (χ1v) is 4.76. The van der Waals surface area contributed by atoms with Crippen LogP contribution in [-0.2, 0) is 0 Å². The molecule has 4 heteroatoms. The second-order valence-corrected chi connectivity index (χ2v) is 3.44. The van der Waals surface area contributed by atoms with Gasteiger partial charge in [0.25, 0.3) is 0 Å². The van der Waals surface area contributed by atoms with Gasteiger partial charge in [-0.2, -0.15) is 0 Å². The van der Waals surface area contributed by atoms with E-state index < -0.39 is 0 Å². The third kappa shape index (κ3) is 1.86. The molecular weight excluding hydrogens is 219 g/mol. The maximum absolute atomic E-state index is 5.90. The molecule has 0 spiro atoms. The predicted molar refractivity (Wildman–Crippen MR) is 57.5 cm³/mol. The van der Waals surface area contributed by atoms with E-state index in [9.17, 15) is 0 Å². The summed E-state index contributed by atoms with van der Waals surface area (Å²) in [7, 11) is 0. The van der Waals surface area contributed by atoms with Crippen molar-refractivity contribution >= 4 is 23.2 Å². The summed E-state index contributed by atoms with van der Waals surface area (Å²) in [5.41, 5.74) is 1.52. The fraction of sp³-hybridized carbons (Fsp3) is 0. The van der Waals surface area contributed by atoms with Crippen LogP contribution in [0.1, 0.15) is 0 Å². The number of rotatable bonds is 1. The van der Waals surface area contributed by atoms with Gasteiger partial charge in [0, 0.05) is 5.56 Å². The maximum Gasteiger partial charge on any atom is 0.155 e. The smallest absolute Gasteiger partial charge is 0.155 e. The molecule has 1 aromatic carbocycles. The monoisotopic (exact) mass is 224 g/mol. The third-order valence-electron chi connectivity index (χ3n) is 1.75. The van der Waals surface area contributed by atoms with Crippen LogP contribution in [0.2, 0.25) is 10.3 Å². The highest BCUT2D eigenvalue weighted by molar-refractivity contribution is 6.33. The Bertz CT molecular complexity index is 443. The van der Waals surface area contributed by atoms with Crippen LogP contribution in [0.15, 0.2) is 36.5 Å². The maximum atomic E-state index is 5.90. The van der Waals surface area contributed by atoms with Gasteiger partial charge in [0.1, 0.15) is 10.8 Å². The van der Waals surface area contributed by atoms with Crippen LogP contribution < -0.4 is 0 Å². The molecule has 0 aliphatic carbocycles. The largest absolute Gasteiger partial charge is 0.239 e. The summed E-state index contributed by atoms with van der Waals surface area (Å²) in [5, 5.41) is 0.703. The molecule has 0 saturated heterocycles. The van der Waals surface area contributed by atoms with E-state index in [1.165, 1.54) is 6.20 Å². The molecule has 2 aromatic rings. The molecule has 14 heavy (non-hydrogen) atoms. The fourth-order valence-corrected chi connectivity index (χ4v) is 1.47. The minimum Gasteiger partial charge on any atom is -0.239 e. The van der Waals surface area contributed by atoms with Gasteiger partial charge in [-0.05, 0) is 0 Å². The molecule has 0 aliphatic heterocycles. The van der Waals surface area contributed by atoms with Crippen molar-refractivity contribution < 1.29 is 0 Å². The summed E-state index contributed by atoms with van der Waals surface area (Å²) in [6.07, 6.45) is 1.43. The second kappa shape index (κ2) is 3.95. The Balaban J connectivity index is 2.57. The zero-order chi connectivity index (χ0) is 9.97. The quantitative estimate of drug-likeness (QED) is 0.742. The lowest BCUT2D eigenvalue weighted by Crippen LogP contribution is -1.88. The molecule has 2 nitrogen and oxygen atoms in total. The zero-order valence-electron chi connectivity index (χ0n) is 7.11. The molecule has 0 atom stereocenters. The minimum absolute atomic E-state index is 0.341. The number of nitrogens with zero attached hydrogens (tertiary/aromatic N) is 2. The lowest BCUT2D eigenvalue weighted by Gasteiger charge is -2.02. The fourth-order valence-electron chi connectivity index (χ4n) is 1.13. The van der Waals surface area contributed by atoms with Crippen molar-refractivity contribution in [2.75, 3.05) is 0 Å². The average Bonchev–Trinajstić information content (AvgIpc) is 2.23. The summed E-state index contributed by atoms with van der Waals surface area (Å²) < 4.78 is 0. The Labute approximate surface area is 91.5 Å². The number of hydrogen-bond donors (Lipinski definition) is 0. The van der Waals surface area contributed by atoms with E-state index in [2.05, 4.69) is 9.97 Å². The summed E-state index contributed by atoms with van der Waals surface area (Å²) in [6, 6.07) is 9.57. The Morgan fingerprint density at radius 3 is 2.43 bits per heavy atom. The standard InChI is InChI=1S/C10H6Cl2N2/c11-8-6-13-10(12)9(14-8)7-4-2-1-3-5-7/h1-6H. The van der Waals surface area contributed by atoms with Crippen LogP contribution >= 0.6 is 23.2 Å². The van der Waals surface area contributed by atoms with E-state index in [4.69, 9.17) is 23.2 Å². The molecule has 1 heterocycles. The predicted octanol–water partition coefficient (Wildman–Crippen LogP) is 3.45. The van der Waals surface area contributed by atoms with Gasteiger partial charge in [0.15, 0.2) is 5.15 Å². The Morgan fingerprint density at radius 1 is 1.00 bits per heavy atom. The van der Waals surface area contributed by atoms with Gasteiger partial charge in [0.05, 0.1) is 6.20 Å². The van der Waals surface area contributed by atoms with Crippen LogP contribution in [0.3, 0.4) is 0 Å². The zero-order valence-corrected chi connectivity index (χ0v) is 8.63. The Morgan fingerprint density at radius 2 is 1.71 bits per heavy atom. The first-order valence-electron chi connectivity index (χ1n) is 4.01. The summed E-state index contributed by atoms with van der Waals surface area (Å²) in [6.45, 7) is 0. The van der Waals surface area contributed by atoms with E-state index >= 15 is 0 Å². The highest BCUT2D eigenvalue weighted by Gasteiger charge is 2.06. The summed E-state index contributed by atoms with van der Waals surface area (Å²) in [5.74, 6) is 0. The first kappa shape index (κ1) is 9.44. The highest BCUT2D eigenvalue weighted by atomic mass is 35.5. The molecule has 2 rings (SSSR count). The van der Waals surface area contributed by atoms with Gasteiger partial charge in [0.2, 0.25) is 0 Å². The third-order valence-corrected chi connectivity index (χ3v) is 2.20. The Hall–Kier alpha value is -1.12. The number of halogens is 2. The van der Waals surface area contributed by atoms with Crippen molar-refractivity contribution in [1.29, 1.82) is 0 Å². The van der Waals surface area contributed by atoms with Crippen molar-refractivity contribution in [2.24, 2.45) is 0 Å². The van der Waals surface area contributed by atoms with Gasteiger partial charge in [-0.1, -0.05) is 53.5 Å². The molecule has 0 bridgehead atoms. The van der Waals surface area contributed by atoms with Crippen LogP contribution in [0.25, 0.3) is 11.3 Å². The van der Waals surface area contributed by atoms with Gasteiger partial charge in [-0.3, -0.25) is 0 Å². The topological polar surface area (TPSA) is 25.8 Å².